The van der Waals surface area contributed by atoms with Crippen LogP contribution in [0.3, 0.4) is 0 Å². The van der Waals surface area contributed by atoms with Crippen molar-refractivity contribution >= 4 is 33.4 Å². The second kappa shape index (κ2) is 6.59. The van der Waals surface area contributed by atoms with Gasteiger partial charge in [0.15, 0.2) is 0 Å². The first-order valence-electron chi connectivity index (χ1n) is 6.18. The molecule has 1 aliphatic heterocycles. The van der Waals surface area contributed by atoms with E-state index in [1.165, 1.54) is 12.1 Å². The molecule has 1 aromatic rings. The third kappa shape index (κ3) is 3.61. The fourth-order valence-electron chi connectivity index (χ4n) is 2.14. The number of piperazine rings is 1. The Morgan fingerprint density at radius 2 is 2.00 bits per heavy atom. The van der Waals surface area contributed by atoms with Crippen LogP contribution in [0.25, 0.3) is 0 Å². The quantitative estimate of drug-likeness (QED) is 0.853. The number of rotatable bonds is 3. The monoisotopic (exact) mass is 346 g/mol. The molecule has 1 aliphatic rings. The van der Waals surface area contributed by atoms with E-state index in [0.717, 1.165) is 25.0 Å². The molecule has 0 atom stereocenters. The van der Waals surface area contributed by atoms with Crippen LogP contribution in [-0.4, -0.2) is 58.9 Å². The van der Waals surface area contributed by atoms with E-state index in [9.17, 15) is 9.90 Å². The molecule has 6 heteroatoms. The lowest BCUT2D eigenvalue weighted by Gasteiger charge is -2.34. The third-order valence-corrected chi connectivity index (χ3v) is 3.92. The van der Waals surface area contributed by atoms with Gasteiger partial charge in [-0.3, -0.25) is 9.69 Å². The predicted octanol–water partition coefficient (Wildman–Crippen LogP) is 2.20. The number of carbonyl (C=O) groups is 1. The van der Waals surface area contributed by atoms with E-state index in [1.807, 2.05) is 0 Å². The Morgan fingerprint density at radius 1 is 1.32 bits per heavy atom. The largest absolute Gasteiger partial charge is 0.508 e. The summed E-state index contributed by atoms with van der Waals surface area (Å²) in [4.78, 5) is 16.4. The molecule has 104 valence electrons. The summed E-state index contributed by atoms with van der Waals surface area (Å²) < 4.78 is 0. The predicted molar refractivity (Wildman–Crippen MR) is 79.3 cm³/mol. The maximum atomic E-state index is 12.3. The zero-order valence-corrected chi connectivity index (χ0v) is 12.8. The number of phenols is 1. The van der Waals surface area contributed by atoms with Gasteiger partial charge in [-0.25, -0.2) is 0 Å². The van der Waals surface area contributed by atoms with Gasteiger partial charge in [-0.05, 0) is 18.2 Å². The van der Waals surface area contributed by atoms with Crippen LogP contribution in [0.5, 0.6) is 5.75 Å². The van der Waals surface area contributed by atoms with Crippen molar-refractivity contribution in [1.82, 2.24) is 9.80 Å². The maximum absolute atomic E-state index is 12.3. The minimum Gasteiger partial charge on any atom is -0.508 e. The van der Waals surface area contributed by atoms with Crippen molar-refractivity contribution in [2.45, 2.75) is 0 Å². The first-order valence-corrected chi connectivity index (χ1v) is 7.68. The highest BCUT2D eigenvalue weighted by atomic mass is 79.9. The number of carbonyl (C=O) groups excluding carboxylic acids is 1. The van der Waals surface area contributed by atoms with Crippen LogP contribution >= 0.6 is 27.5 Å². The molecule has 0 radical (unpaired) electrons. The van der Waals surface area contributed by atoms with Crippen LogP contribution in [0.4, 0.5) is 0 Å². The molecule has 0 unspecified atom stereocenters. The Kier molecular flexibility index (Phi) is 5.07. The Balaban J connectivity index is 2.03. The topological polar surface area (TPSA) is 43.8 Å². The molecule has 1 saturated heterocycles. The van der Waals surface area contributed by atoms with Crippen molar-refractivity contribution in [3.63, 3.8) is 0 Å². The van der Waals surface area contributed by atoms with E-state index >= 15 is 0 Å². The van der Waals surface area contributed by atoms with Gasteiger partial charge in [-0.2, -0.15) is 0 Å². The molecular weight excluding hydrogens is 332 g/mol. The lowest BCUT2D eigenvalue weighted by Crippen LogP contribution is -2.49. The second-order valence-corrected chi connectivity index (χ2v) is 5.69. The van der Waals surface area contributed by atoms with Crippen molar-refractivity contribution in [3.8, 4) is 5.75 Å². The normalized spacial score (nSPS) is 16.6. The first kappa shape index (κ1) is 14.6. The van der Waals surface area contributed by atoms with Gasteiger partial charge in [0.2, 0.25) is 0 Å². The van der Waals surface area contributed by atoms with Crippen LogP contribution in [0, 0.1) is 0 Å². The number of hydrogen-bond donors (Lipinski definition) is 1. The average Bonchev–Trinajstić information content (AvgIpc) is 2.42. The lowest BCUT2D eigenvalue weighted by atomic mass is 10.1. The maximum Gasteiger partial charge on any atom is 0.255 e. The Hall–Kier alpha value is -0.780. The van der Waals surface area contributed by atoms with Crippen molar-refractivity contribution < 1.29 is 9.90 Å². The zero-order chi connectivity index (χ0) is 13.8. The van der Waals surface area contributed by atoms with E-state index in [1.54, 1.807) is 11.0 Å². The van der Waals surface area contributed by atoms with Crippen LogP contribution in [-0.2, 0) is 0 Å². The number of benzene rings is 1. The lowest BCUT2D eigenvalue weighted by molar-refractivity contribution is 0.0644. The van der Waals surface area contributed by atoms with Gasteiger partial charge in [-0.1, -0.05) is 27.5 Å². The summed E-state index contributed by atoms with van der Waals surface area (Å²) in [5.74, 6) is -0.0509. The van der Waals surface area contributed by atoms with Crippen molar-refractivity contribution in [1.29, 1.82) is 0 Å². The average molecular weight is 348 g/mol. The molecule has 0 spiro atoms. The number of hydrogen-bond acceptors (Lipinski definition) is 3. The van der Waals surface area contributed by atoms with Crippen LogP contribution < -0.4 is 0 Å². The number of alkyl halides is 1. The molecule has 1 heterocycles. The Labute approximate surface area is 126 Å². The van der Waals surface area contributed by atoms with Gasteiger partial charge in [0, 0.05) is 38.1 Å². The molecule has 1 aromatic carbocycles. The van der Waals surface area contributed by atoms with E-state index in [-0.39, 0.29) is 11.7 Å². The number of aromatic hydroxyl groups is 1. The second-order valence-electron chi connectivity index (χ2n) is 4.49. The van der Waals surface area contributed by atoms with E-state index in [4.69, 9.17) is 11.6 Å². The van der Waals surface area contributed by atoms with Crippen molar-refractivity contribution in [2.75, 3.05) is 38.1 Å². The van der Waals surface area contributed by atoms with Gasteiger partial charge in [0.05, 0.1) is 10.6 Å². The molecule has 1 fully saturated rings. The molecule has 0 bridgehead atoms. The van der Waals surface area contributed by atoms with Crippen LogP contribution in [0.15, 0.2) is 18.2 Å². The summed E-state index contributed by atoms with van der Waals surface area (Å²) in [5.41, 5.74) is 0.371. The molecule has 4 nitrogen and oxygen atoms in total. The molecule has 1 N–H and O–H groups in total. The number of nitrogens with zero attached hydrogens (tertiary/aromatic N) is 2. The smallest absolute Gasteiger partial charge is 0.255 e. The Morgan fingerprint density at radius 3 is 2.63 bits per heavy atom. The van der Waals surface area contributed by atoms with Gasteiger partial charge < -0.3 is 10.0 Å². The fraction of sp³-hybridized carbons (Fsp3) is 0.462. The summed E-state index contributed by atoms with van der Waals surface area (Å²) in [5, 5.41) is 10.8. The van der Waals surface area contributed by atoms with Gasteiger partial charge in [-0.15, -0.1) is 0 Å². The SMILES string of the molecule is O=C(c1cc(O)ccc1Cl)N1CCN(CCBr)CC1. The minimum absolute atomic E-state index is 0.0608. The van der Waals surface area contributed by atoms with E-state index in [0.29, 0.717) is 23.7 Å². The van der Waals surface area contributed by atoms with E-state index < -0.39 is 0 Å². The zero-order valence-electron chi connectivity index (χ0n) is 10.5. The highest BCUT2D eigenvalue weighted by Gasteiger charge is 2.23. The number of amides is 1. The minimum atomic E-state index is -0.112. The third-order valence-electron chi connectivity index (χ3n) is 3.24. The van der Waals surface area contributed by atoms with Gasteiger partial charge in [0.1, 0.15) is 5.75 Å². The Bertz CT molecular complexity index is 462. The summed E-state index contributed by atoms with van der Waals surface area (Å²) >= 11 is 9.43. The van der Waals surface area contributed by atoms with Gasteiger partial charge in [0.25, 0.3) is 5.91 Å². The number of phenolic OH excluding ortho intramolecular Hbond substituents is 1. The highest BCUT2D eigenvalue weighted by Crippen LogP contribution is 2.23. The van der Waals surface area contributed by atoms with Crippen molar-refractivity contribution in [2.24, 2.45) is 0 Å². The molecule has 0 aliphatic carbocycles. The molecule has 1 amide bonds. The summed E-state index contributed by atoms with van der Waals surface area (Å²) in [6.07, 6.45) is 0. The molecule has 2 rings (SSSR count). The summed E-state index contributed by atoms with van der Waals surface area (Å²) in [6.45, 7) is 4.12. The molecule has 0 aromatic heterocycles. The summed E-state index contributed by atoms with van der Waals surface area (Å²) in [6, 6.07) is 4.45. The van der Waals surface area contributed by atoms with E-state index in [2.05, 4.69) is 20.8 Å². The highest BCUT2D eigenvalue weighted by molar-refractivity contribution is 9.09. The molecule has 19 heavy (non-hydrogen) atoms. The van der Waals surface area contributed by atoms with Crippen LogP contribution in [0.1, 0.15) is 10.4 Å². The fourth-order valence-corrected chi connectivity index (χ4v) is 2.84. The van der Waals surface area contributed by atoms with Crippen LogP contribution in [0.2, 0.25) is 5.02 Å². The van der Waals surface area contributed by atoms with Gasteiger partial charge >= 0.3 is 0 Å². The molecule has 0 saturated carbocycles. The summed E-state index contributed by atoms with van der Waals surface area (Å²) in [7, 11) is 0. The molecular formula is C13H16BrClN2O2. The standard InChI is InChI=1S/C13H16BrClN2O2/c14-3-4-16-5-7-17(8-6-16)13(19)11-9-10(18)1-2-12(11)15/h1-2,9,18H,3-8H2. The first-order chi connectivity index (χ1) is 9.11. The number of halogens is 2. The van der Waals surface area contributed by atoms with Crippen molar-refractivity contribution in [3.05, 3.63) is 28.8 Å².